The zero-order valence-corrected chi connectivity index (χ0v) is 19.9. The summed E-state index contributed by atoms with van der Waals surface area (Å²) in [6.45, 7) is 3.91. The number of rotatable bonds is 8. The summed E-state index contributed by atoms with van der Waals surface area (Å²) in [6.07, 6.45) is 0. The van der Waals surface area contributed by atoms with Crippen molar-refractivity contribution in [1.82, 2.24) is 9.62 Å². The first-order chi connectivity index (χ1) is 16.4. The quantitative estimate of drug-likeness (QED) is 0.533. The first-order valence-corrected chi connectivity index (χ1v) is 12.6. The molecule has 1 amide bonds. The molecule has 1 aliphatic heterocycles. The van der Waals surface area contributed by atoms with Crippen molar-refractivity contribution >= 4 is 15.9 Å². The Morgan fingerprint density at radius 1 is 1.00 bits per heavy atom. The molecule has 4 rings (SSSR count). The second-order valence-corrected chi connectivity index (χ2v) is 10.0. The van der Waals surface area contributed by atoms with Crippen molar-refractivity contribution in [2.24, 2.45) is 0 Å². The first kappa shape index (κ1) is 23.9. The van der Waals surface area contributed by atoms with Gasteiger partial charge in [0.1, 0.15) is 12.4 Å². The standard InChI is InChI=1S/C26H28N2O5S/c1-20-6-4-7-21(16-20)19-33-24-10-5-9-22(17-24)26(29)27-18-23-8-2-3-11-25(23)34(30,31)28-12-14-32-15-13-28/h2-11,16-17H,12-15,18-19H2,1H3,(H,27,29). The minimum absolute atomic E-state index is 0.0902. The summed E-state index contributed by atoms with van der Waals surface area (Å²) in [5.74, 6) is 0.282. The number of aryl methyl sites for hydroxylation is 1. The molecule has 1 aliphatic rings. The Morgan fingerprint density at radius 3 is 2.56 bits per heavy atom. The lowest BCUT2D eigenvalue weighted by molar-refractivity contribution is 0.0730. The summed E-state index contributed by atoms with van der Waals surface area (Å²) in [4.78, 5) is 13.0. The number of morpholine rings is 1. The van der Waals surface area contributed by atoms with Crippen molar-refractivity contribution in [2.45, 2.75) is 25.0 Å². The summed E-state index contributed by atoms with van der Waals surface area (Å²) in [5.41, 5.74) is 3.18. The lowest BCUT2D eigenvalue weighted by atomic mass is 10.1. The zero-order chi connectivity index (χ0) is 24.0. The van der Waals surface area contributed by atoms with Gasteiger partial charge in [0.2, 0.25) is 10.0 Å². The molecule has 0 spiro atoms. The molecule has 0 radical (unpaired) electrons. The molecule has 178 valence electrons. The Labute approximate surface area is 200 Å². The van der Waals surface area contributed by atoms with Gasteiger partial charge in [0.05, 0.1) is 18.1 Å². The van der Waals surface area contributed by atoms with E-state index in [-0.39, 0.29) is 17.3 Å². The molecule has 7 nitrogen and oxygen atoms in total. The molecule has 1 fully saturated rings. The fraction of sp³-hybridized carbons (Fsp3) is 0.269. The van der Waals surface area contributed by atoms with E-state index < -0.39 is 10.0 Å². The fourth-order valence-corrected chi connectivity index (χ4v) is 5.43. The molecule has 0 bridgehead atoms. The number of carbonyl (C=O) groups excluding carboxylic acids is 1. The number of amides is 1. The highest BCUT2D eigenvalue weighted by molar-refractivity contribution is 7.89. The summed E-state index contributed by atoms with van der Waals surface area (Å²) in [6, 6.07) is 21.7. The molecule has 0 saturated carbocycles. The molecule has 1 saturated heterocycles. The normalized spacial score (nSPS) is 14.5. The lowest BCUT2D eigenvalue weighted by Gasteiger charge is -2.27. The monoisotopic (exact) mass is 480 g/mol. The summed E-state index contributed by atoms with van der Waals surface area (Å²) >= 11 is 0. The largest absolute Gasteiger partial charge is 0.489 e. The summed E-state index contributed by atoms with van der Waals surface area (Å²) in [7, 11) is -3.67. The van der Waals surface area contributed by atoms with Crippen LogP contribution < -0.4 is 10.1 Å². The van der Waals surface area contributed by atoms with E-state index >= 15 is 0 Å². The Hall–Kier alpha value is -3.20. The van der Waals surface area contributed by atoms with Crippen LogP contribution in [0.25, 0.3) is 0 Å². The molecule has 8 heteroatoms. The number of nitrogens with zero attached hydrogens (tertiary/aromatic N) is 1. The van der Waals surface area contributed by atoms with E-state index in [1.54, 1.807) is 48.5 Å². The molecule has 0 atom stereocenters. The van der Waals surface area contributed by atoms with Gasteiger partial charge in [-0.2, -0.15) is 4.31 Å². The number of sulfonamides is 1. The number of ether oxygens (including phenoxy) is 2. The topological polar surface area (TPSA) is 84.9 Å². The number of hydrogen-bond acceptors (Lipinski definition) is 5. The van der Waals surface area contributed by atoms with Crippen LogP contribution in [0.2, 0.25) is 0 Å². The van der Waals surface area contributed by atoms with Gasteiger partial charge in [0.15, 0.2) is 0 Å². The maximum atomic E-state index is 13.1. The first-order valence-electron chi connectivity index (χ1n) is 11.2. The van der Waals surface area contributed by atoms with Crippen molar-refractivity contribution in [3.63, 3.8) is 0 Å². The Bertz CT molecular complexity index is 1250. The van der Waals surface area contributed by atoms with Gasteiger partial charge in [0.25, 0.3) is 5.91 Å². The average Bonchev–Trinajstić information content (AvgIpc) is 2.87. The maximum absolute atomic E-state index is 13.1. The number of hydrogen-bond donors (Lipinski definition) is 1. The molecule has 0 aromatic heterocycles. The van der Waals surface area contributed by atoms with Gasteiger partial charge in [0, 0.05) is 25.2 Å². The molecule has 3 aromatic rings. The second kappa shape index (κ2) is 10.8. The summed E-state index contributed by atoms with van der Waals surface area (Å²) in [5, 5.41) is 2.84. The van der Waals surface area contributed by atoms with Gasteiger partial charge in [-0.15, -0.1) is 0 Å². The smallest absolute Gasteiger partial charge is 0.251 e. The van der Waals surface area contributed by atoms with Crippen LogP contribution in [0, 0.1) is 6.92 Å². The minimum atomic E-state index is -3.67. The van der Waals surface area contributed by atoms with Crippen LogP contribution in [0.5, 0.6) is 5.75 Å². The minimum Gasteiger partial charge on any atom is -0.489 e. The second-order valence-electron chi connectivity index (χ2n) is 8.11. The highest BCUT2D eigenvalue weighted by atomic mass is 32.2. The molecule has 3 aromatic carbocycles. The van der Waals surface area contributed by atoms with E-state index in [0.717, 1.165) is 11.1 Å². The van der Waals surface area contributed by atoms with Gasteiger partial charge in [-0.3, -0.25) is 4.79 Å². The molecule has 0 unspecified atom stereocenters. The SMILES string of the molecule is Cc1cccc(COc2cccc(C(=O)NCc3ccccc3S(=O)(=O)N3CCOCC3)c2)c1. The van der Waals surface area contributed by atoms with Crippen molar-refractivity contribution in [3.05, 3.63) is 95.1 Å². The Morgan fingerprint density at radius 2 is 1.76 bits per heavy atom. The van der Waals surface area contributed by atoms with Crippen molar-refractivity contribution in [2.75, 3.05) is 26.3 Å². The van der Waals surface area contributed by atoms with Crippen molar-refractivity contribution in [3.8, 4) is 5.75 Å². The van der Waals surface area contributed by atoms with Crippen molar-refractivity contribution < 1.29 is 22.7 Å². The maximum Gasteiger partial charge on any atom is 0.251 e. The van der Waals surface area contributed by atoms with Crippen LogP contribution in [-0.4, -0.2) is 44.9 Å². The number of benzene rings is 3. The van der Waals surface area contributed by atoms with Crippen LogP contribution in [0.3, 0.4) is 0 Å². The van der Waals surface area contributed by atoms with Crippen LogP contribution in [0.15, 0.2) is 77.7 Å². The summed E-state index contributed by atoms with van der Waals surface area (Å²) < 4.78 is 38.8. The van der Waals surface area contributed by atoms with Crippen LogP contribution in [0.1, 0.15) is 27.0 Å². The van der Waals surface area contributed by atoms with E-state index in [1.165, 1.54) is 4.31 Å². The third-order valence-electron chi connectivity index (χ3n) is 5.58. The highest BCUT2D eigenvalue weighted by Crippen LogP contribution is 2.22. The average molecular weight is 481 g/mol. The van der Waals surface area contributed by atoms with E-state index in [2.05, 4.69) is 11.4 Å². The molecular weight excluding hydrogens is 452 g/mol. The van der Waals surface area contributed by atoms with E-state index in [0.29, 0.717) is 49.8 Å². The highest BCUT2D eigenvalue weighted by Gasteiger charge is 2.28. The lowest BCUT2D eigenvalue weighted by Crippen LogP contribution is -2.41. The predicted molar refractivity (Wildman–Crippen MR) is 129 cm³/mol. The molecular formula is C26H28N2O5S. The van der Waals surface area contributed by atoms with Crippen LogP contribution in [-0.2, 0) is 27.9 Å². The van der Waals surface area contributed by atoms with Gasteiger partial charge < -0.3 is 14.8 Å². The molecule has 0 aliphatic carbocycles. The van der Waals surface area contributed by atoms with Gasteiger partial charge >= 0.3 is 0 Å². The third kappa shape index (κ3) is 5.83. The predicted octanol–water partition coefficient (Wildman–Crippen LogP) is 3.52. The van der Waals surface area contributed by atoms with Crippen LogP contribution in [0.4, 0.5) is 0 Å². The molecule has 34 heavy (non-hydrogen) atoms. The van der Waals surface area contributed by atoms with E-state index in [9.17, 15) is 13.2 Å². The van der Waals surface area contributed by atoms with Gasteiger partial charge in [-0.1, -0.05) is 54.1 Å². The number of nitrogens with one attached hydrogen (secondary N) is 1. The van der Waals surface area contributed by atoms with E-state index in [4.69, 9.17) is 9.47 Å². The van der Waals surface area contributed by atoms with Gasteiger partial charge in [-0.25, -0.2) is 8.42 Å². The third-order valence-corrected chi connectivity index (χ3v) is 7.58. The molecule has 1 heterocycles. The van der Waals surface area contributed by atoms with Gasteiger partial charge in [-0.05, 0) is 42.3 Å². The van der Waals surface area contributed by atoms with Crippen molar-refractivity contribution in [1.29, 1.82) is 0 Å². The fourth-order valence-electron chi connectivity index (χ4n) is 3.80. The Kier molecular flexibility index (Phi) is 7.62. The van der Waals surface area contributed by atoms with Crippen LogP contribution >= 0.6 is 0 Å². The number of carbonyl (C=O) groups is 1. The Balaban J connectivity index is 1.42. The van der Waals surface area contributed by atoms with E-state index in [1.807, 2.05) is 25.1 Å². The zero-order valence-electron chi connectivity index (χ0n) is 19.1. The molecule has 1 N–H and O–H groups in total.